The number of aromatic nitrogens is 1. The molecule has 156 valence electrons. The fourth-order valence-corrected chi connectivity index (χ4v) is 3.37. The minimum atomic E-state index is -5.00. The van der Waals surface area contributed by atoms with E-state index in [1.807, 2.05) is 0 Å². The van der Waals surface area contributed by atoms with Crippen molar-refractivity contribution in [2.24, 2.45) is 5.73 Å². The molecular formula is C20H17F7N2. The summed E-state index contributed by atoms with van der Waals surface area (Å²) in [5.41, 5.74) is 3.00. The molecule has 0 aliphatic heterocycles. The van der Waals surface area contributed by atoms with Gasteiger partial charge in [0, 0.05) is 22.2 Å². The predicted molar refractivity (Wildman–Crippen MR) is 95.7 cm³/mol. The van der Waals surface area contributed by atoms with Crippen molar-refractivity contribution in [3.63, 3.8) is 0 Å². The van der Waals surface area contributed by atoms with E-state index in [-0.39, 0.29) is 40.2 Å². The van der Waals surface area contributed by atoms with Crippen LogP contribution in [0.2, 0.25) is 0 Å². The van der Waals surface area contributed by atoms with Crippen LogP contribution in [0.3, 0.4) is 0 Å². The van der Waals surface area contributed by atoms with Gasteiger partial charge in [0.2, 0.25) is 0 Å². The molecule has 9 heteroatoms. The van der Waals surface area contributed by atoms with Crippen LogP contribution in [-0.2, 0) is 18.8 Å². The fourth-order valence-electron chi connectivity index (χ4n) is 3.37. The fraction of sp³-hybridized carbons (Fsp3) is 0.300. The van der Waals surface area contributed by atoms with Gasteiger partial charge in [-0.25, -0.2) is 4.39 Å². The van der Waals surface area contributed by atoms with Crippen molar-refractivity contribution < 1.29 is 30.7 Å². The average molecular weight is 418 g/mol. The quantitative estimate of drug-likeness (QED) is 0.371. The van der Waals surface area contributed by atoms with Gasteiger partial charge in [0.05, 0.1) is 11.1 Å². The Morgan fingerprint density at radius 1 is 0.897 bits per heavy atom. The third-order valence-electron chi connectivity index (χ3n) is 4.63. The predicted octanol–water partition coefficient (Wildman–Crippen LogP) is 6.29. The van der Waals surface area contributed by atoms with Crippen LogP contribution in [0.25, 0.3) is 22.2 Å². The normalized spacial score (nSPS) is 12.7. The lowest BCUT2D eigenvalue weighted by Crippen LogP contribution is -2.11. The molecule has 3 aromatic rings. The molecule has 0 spiro atoms. The summed E-state index contributed by atoms with van der Waals surface area (Å²) in [6.07, 6.45) is -8.83. The molecule has 0 radical (unpaired) electrons. The molecule has 0 unspecified atom stereocenters. The van der Waals surface area contributed by atoms with Crippen LogP contribution in [0, 0.1) is 5.82 Å². The van der Waals surface area contributed by atoms with Gasteiger partial charge in [-0.1, -0.05) is 12.1 Å². The lowest BCUT2D eigenvalue weighted by molar-refractivity contribution is -0.142. The molecule has 2 nitrogen and oxygen atoms in total. The maximum Gasteiger partial charge on any atom is 0.417 e. The molecular weight excluding hydrogens is 401 g/mol. The van der Waals surface area contributed by atoms with Crippen molar-refractivity contribution in [1.29, 1.82) is 0 Å². The summed E-state index contributed by atoms with van der Waals surface area (Å²) in [4.78, 5) is 2.66. The minimum Gasteiger partial charge on any atom is -0.354 e. The number of aromatic amines is 1. The van der Waals surface area contributed by atoms with E-state index in [9.17, 15) is 30.7 Å². The molecule has 2 aromatic carbocycles. The molecule has 3 rings (SSSR count). The number of fused-ring (bicyclic) bond motifs is 1. The molecule has 0 saturated heterocycles. The lowest BCUT2D eigenvalue weighted by atomic mass is 9.96. The topological polar surface area (TPSA) is 41.8 Å². The summed E-state index contributed by atoms with van der Waals surface area (Å²) in [5, 5.41) is -0.332. The van der Waals surface area contributed by atoms with E-state index in [1.165, 1.54) is 18.2 Å². The molecule has 0 aliphatic carbocycles. The number of benzene rings is 2. The summed E-state index contributed by atoms with van der Waals surface area (Å²) in [5.74, 6) is -0.610. The second-order valence-corrected chi connectivity index (χ2v) is 6.68. The number of nitrogens with two attached hydrogens (primary N) is 1. The Balaban J connectivity index is 2.34. The zero-order valence-corrected chi connectivity index (χ0v) is 15.0. The van der Waals surface area contributed by atoms with Crippen LogP contribution in [-0.4, -0.2) is 11.5 Å². The first-order chi connectivity index (χ1) is 13.5. The van der Waals surface area contributed by atoms with Crippen molar-refractivity contribution in [1.82, 2.24) is 4.98 Å². The summed E-state index contributed by atoms with van der Waals surface area (Å²) in [6, 6.07) is 5.93. The van der Waals surface area contributed by atoms with Gasteiger partial charge in [0.15, 0.2) is 0 Å². The highest BCUT2D eigenvalue weighted by Crippen LogP contribution is 2.43. The number of hydrogen-bond acceptors (Lipinski definition) is 1. The van der Waals surface area contributed by atoms with E-state index in [0.29, 0.717) is 25.5 Å². The molecule has 0 fully saturated rings. The van der Waals surface area contributed by atoms with Crippen LogP contribution in [0.5, 0.6) is 0 Å². The Bertz CT molecular complexity index is 1020. The molecule has 0 amide bonds. The van der Waals surface area contributed by atoms with Gasteiger partial charge >= 0.3 is 12.4 Å². The van der Waals surface area contributed by atoms with Crippen molar-refractivity contribution in [2.75, 3.05) is 6.54 Å². The van der Waals surface area contributed by atoms with Gasteiger partial charge in [0.1, 0.15) is 5.82 Å². The molecule has 1 heterocycles. The highest BCUT2D eigenvalue weighted by Gasteiger charge is 2.39. The summed E-state index contributed by atoms with van der Waals surface area (Å²) in [7, 11) is 0. The highest BCUT2D eigenvalue weighted by atomic mass is 19.4. The number of unbranched alkanes of at least 4 members (excludes halogenated alkanes) is 1. The molecule has 0 saturated carbocycles. The van der Waals surface area contributed by atoms with E-state index in [0.717, 1.165) is 6.07 Å². The Kier molecular flexibility index (Phi) is 5.62. The van der Waals surface area contributed by atoms with E-state index in [2.05, 4.69) is 4.98 Å². The second kappa shape index (κ2) is 7.70. The molecule has 1 aromatic heterocycles. The van der Waals surface area contributed by atoms with Crippen molar-refractivity contribution in [3.05, 3.63) is 58.9 Å². The molecule has 0 bridgehead atoms. The summed E-state index contributed by atoms with van der Waals surface area (Å²) >= 11 is 0. The summed E-state index contributed by atoms with van der Waals surface area (Å²) < 4.78 is 94.2. The van der Waals surface area contributed by atoms with Gasteiger partial charge in [0.25, 0.3) is 0 Å². The van der Waals surface area contributed by atoms with Gasteiger partial charge in [-0.3, -0.25) is 0 Å². The standard InChI is InChI=1S/C20H17F7N2/c21-13-5-3-4-11(8-13)18-14(6-1-2-7-28)17-15(20(25,26)27)9-12(19(22,23)24)10-16(17)29-18/h3-5,8-10,29H,1-2,6-7,28H2. The van der Waals surface area contributed by atoms with Crippen molar-refractivity contribution >= 4 is 10.9 Å². The number of rotatable bonds is 5. The van der Waals surface area contributed by atoms with Crippen LogP contribution >= 0.6 is 0 Å². The monoisotopic (exact) mass is 418 g/mol. The number of hydrogen-bond donors (Lipinski definition) is 2. The van der Waals surface area contributed by atoms with Crippen LogP contribution < -0.4 is 5.73 Å². The summed E-state index contributed by atoms with van der Waals surface area (Å²) in [6.45, 7) is 0.321. The van der Waals surface area contributed by atoms with Crippen LogP contribution in [0.1, 0.15) is 29.5 Å². The lowest BCUT2D eigenvalue weighted by Gasteiger charge is -2.14. The molecule has 3 N–H and O–H groups in total. The Labute approximate surface area is 161 Å². The zero-order chi connectivity index (χ0) is 21.4. The first-order valence-electron chi connectivity index (χ1n) is 8.81. The Morgan fingerprint density at radius 2 is 1.62 bits per heavy atom. The first kappa shape index (κ1) is 21.2. The number of halogens is 7. The second-order valence-electron chi connectivity index (χ2n) is 6.68. The van der Waals surface area contributed by atoms with Gasteiger partial charge < -0.3 is 10.7 Å². The molecule has 29 heavy (non-hydrogen) atoms. The van der Waals surface area contributed by atoms with E-state index in [1.54, 1.807) is 0 Å². The largest absolute Gasteiger partial charge is 0.417 e. The number of alkyl halides is 6. The smallest absolute Gasteiger partial charge is 0.354 e. The Hall–Kier alpha value is -2.55. The van der Waals surface area contributed by atoms with E-state index >= 15 is 0 Å². The number of H-pyrrole nitrogens is 1. The maximum atomic E-state index is 13.7. The number of aryl methyl sites for hydroxylation is 1. The van der Waals surface area contributed by atoms with Crippen molar-refractivity contribution in [2.45, 2.75) is 31.6 Å². The van der Waals surface area contributed by atoms with Crippen LogP contribution in [0.4, 0.5) is 30.7 Å². The number of nitrogens with one attached hydrogen (secondary N) is 1. The third-order valence-corrected chi connectivity index (χ3v) is 4.63. The molecule has 0 atom stereocenters. The van der Waals surface area contributed by atoms with Crippen LogP contribution in [0.15, 0.2) is 36.4 Å². The minimum absolute atomic E-state index is 0.123. The third kappa shape index (κ3) is 4.39. The SMILES string of the molecule is NCCCCc1c(-c2cccc(F)c2)[nH]c2cc(C(F)(F)F)cc(C(F)(F)F)c12. The van der Waals surface area contributed by atoms with E-state index in [4.69, 9.17) is 5.73 Å². The highest BCUT2D eigenvalue weighted by molar-refractivity contribution is 5.94. The first-order valence-corrected chi connectivity index (χ1v) is 8.81. The maximum absolute atomic E-state index is 13.7. The van der Waals surface area contributed by atoms with Crippen molar-refractivity contribution in [3.8, 4) is 11.3 Å². The average Bonchev–Trinajstić information content (AvgIpc) is 2.98. The van der Waals surface area contributed by atoms with Gasteiger partial charge in [-0.05, 0) is 55.6 Å². The van der Waals surface area contributed by atoms with Gasteiger partial charge in [-0.2, -0.15) is 26.3 Å². The molecule has 0 aliphatic rings. The Morgan fingerprint density at radius 3 is 2.21 bits per heavy atom. The zero-order valence-electron chi connectivity index (χ0n) is 15.0. The van der Waals surface area contributed by atoms with Gasteiger partial charge in [-0.15, -0.1) is 0 Å². The van der Waals surface area contributed by atoms with E-state index < -0.39 is 29.3 Å².